The van der Waals surface area contributed by atoms with Gasteiger partial charge in [-0.15, -0.1) is 0 Å². The van der Waals surface area contributed by atoms with Gasteiger partial charge in [0.2, 0.25) is 0 Å². The number of fused-ring (bicyclic) bond motifs is 1. The van der Waals surface area contributed by atoms with Crippen molar-refractivity contribution in [3.8, 4) is 34.6 Å². The van der Waals surface area contributed by atoms with E-state index >= 15 is 0 Å². The van der Waals surface area contributed by atoms with Crippen LogP contribution in [0, 0.1) is 11.8 Å². The van der Waals surface area contributed by atoms with Crippen LogP contribution >= 0.6 is 0 Å². The molecule has 1 aliphatic carbocycles. The number of hydrogen-bond donors (Lipinski definition) is 1. The summed E-state index contributed by atoms with van der Waals surface area (Å²) < 4.78 is 7.85. The van der Waals surface area contributed by atoms with E-state index in [1.54, 1.807) is 13.1 Å². The molecule has 2 aromatic heterocycles. The van der Waals surface area contributed by atoms with E-state index in [9.17, 15) is 4.79 Å². The second kappa shape index (κ2) is 8.52. The molecule has 0 aliphatic heterocycles. The minimum Gasteiger partial charge on any atom is -0.457 e. The molecule has 2 heterocycles. The quantitative estimate of drug-likeness (QED) is 0.488. The van der Waals surface area contributed by atoms with Crippen LogP contribution in [-0.4, -0.2) is 31.7 Å². The van der Waals surface area contributed by atoms with E-state index in [4.69, 9.17) is 9.84 Å². The molecule has 2 aromatic carbocycles. The molecule has 7 nitrogen and oxygen atoms in total. The Morgan fingerprint density at radius 2 is 1.84 bits per heavy atom. The van der Waals surface area contributed by atoms with Crippen LogP contribution in [-0.2, 0) is 4.79 Å². The van der Waals surface area contributed by atoms with E-state index in [1.807, 2.05) is 59.3 Å². The van der Waals surface area contributed by atoms with Crippen LogP contribution in [0.15, 0.2) is 67.1 Å². The zero-order valence-corrected chi connectivity index (χ0v) is 17.5. The Hall–Kier alpha value is -4.18. The summed E-state index contributed by atoms with van der Waals surface area (Å²) in [7, 11) is 0. The first kappa shape index (κ1) is 19.8. The molecule has 158 valence electrons. The van der Waals surface area contributed by atoms with Gasteiger partial charge in [0.05, 0.1) is 11.4 Å². The largest absolute Gasteiger partial charge is 0.457 e. The first-order valence-electron chi connectivity index (χ1n) is 10.5. The Labute approximate surface area is 185 Å². The number of benzene rings is 2. The molecule has 1 aliphatic rings. The minimum absolute atomic E-state index is 0.104. The van der Waals surface area contributed by atoms with Gasteiger partial charge in [0.1, 0.15) is 23.5 Å². The van der Waals surface area contributed by atoms with Crippen LogP contribution in [0.2, 0.25) is 0 Å². The molecule has 7 heteroatoms. The Bertz CT molecular complexity index is 1310. The number of hydrogen-bond acceptors (Lipinski definition) is 5. The SMILES string of the molecule is CC#CC(=O)NC1CC(n2nc(-c3ccc(Oc4ccccc4)cc3)c3cncnc32)C1. The average molecular weight is 423 g/mol. The molecular formula is C25H21N5O2. The Balaban J connectivity index is 1.37. The van der Waals surface area contributed by atoms with Gasteiger partial charge >= 0.3 is 0 Å². The van der Waals surface area contributed by atoms with Gasteiger partial charge in [-0.2, -0.15) is 5.10 Å². The summed E-state index contributed by atoms with van der Waals surface area (Å²) in [5, 5.41) is 8.70. The van der Waals surface area contributed by atoms with Crippen LogP contribution in [0.4, 0.5) is 0 Å². The number of nitrogens with zero attached hydrogens (tertiary/aromatic N) is 4. The Morgan fingerprint density at radius 3 is 2.59 bits per heavy atom. The summed E-state index contributed by atoms with van der Waals surface area (Å²) in [6.07, 6.45) is 4.92. The fraction of sp³-hybridized carbons (Fsp3) is 0.200. The van der Waals surface area contributed by atoms with Crippen molar-refractivity contribution in [2.45, 2.75) is 31.8 Å². The zero-order chi connectivity index (χ0) is 21.9. The number of nitrogens with one attached hydrogen (secondary N) is 1. The molecule has 1 N–H and O–H groups in total. The molecule has 0 radical (unpaired) electrons. The number of ether oxygens (including phenoxy) is 1. The predicted octanol–water partition coefficient (Wildman–Crippen LogP) is 4.13. The van der Waals surface area contributed by atoms with Crippen molar-refractivity contribution in [1.82, 2.24) is 25.1 Å². The lowest BCUT2D eigenvalue weighted by Gasteiger charge is -2.35. The van der Waals surface area contributed by atoms with Gasteiger partial charge in [0.15, 0.2) is 5.65 Å². The van der Waals surface area contributed by atoms with E-state index in [0.29, 0.717) is 0 Å². The maximum atomic E-state index is 11.7. The number of rotatable bonds is 5. The average Bonchev–Trinajstić information content (AvgIpc) is 3.17. The van der Waals surface area contributed by atoms with Crippen molar-refractivity contribution < 1.29 is 9.53 Å². The monoisotopic (exact) mass is 423 g/mol. The summed E-state index contributed by atoms with van der Waals surface area (Å²) in [5.41, 5.74) is 2.59. The minimum atomic E-state index is -0.234. The first-order chi connectivity index (χ1) is 15.7. The first-order valence-corrected chi connectivity index (χ1v) is 10.5. The van der Waals surface area contributed by atoms with Gasteiger partial charge in [-0.25, -0.2) is 14.6 Å². The molecule has 1 saturated carbocycles. The molecule has 0 saturated heterocycles. The second-order valence-corrected chi connectivity index (χ2v) is 7.66. The maximum absolute atomic E-state index is 11.7. The van der Waals surface area contributed by atoms with Crippen LogP contribution < -0.4 is 10.1 Å². The lowest BCUT2D eigenvalue weighted by molar-refractivity contribution is -0.117. The molecular weight excluding hydrogens is 402 g/mol. The third-order valence-electron chi connectivity index (χ3n) is 5.51. The van der Waals surface area contributed by atoms with E-state index in [-0.39, 0.29) is 18.0 Å². The fourth-order valence-corrected chi connectivity index (χ4v) is 3.90. The summed E-state index contributed by atoms with van der Waals surface area (Å²) >= 11 is 0. The lowest BCUT2D eigenvalue weighted by Crippen LogP contribution is -2.44. The number of carbonyl (C=O) groups excluding carboxylic acids is 1. The van der Waals surface area contributed by atoms with Gasteiger partial charge < -0.3 is 10.1 Å². The van der Waals surface area contributed by atoms with Crippen LogP contribution in [0.25, 0.3) is 22.3 Å². The summed E-state index contributed by atoms with van der Waals surface area (Å²) in [6.45, 7) is 1.65. The number of aromatic nitrogens is 4. The third-order valence-corrected chi connectivity index (χ3v) is 5.51. The van der Waals surface area contributed by atoms with Gasteiger partial charge in [0, 0.05) is 17.8 Å². The van der Waals surface area contributed by atoms with Crippen LogP contribution in [0.3, 0.4) is 0 Å². The summed E-state index contributed by atoms with van der Waals surface area (Å²) in [5.74, 6) is 6.46. The van der Waals surface area contributed by atoms with E-state index in [1.165, 1.54) is 6.33 Å². The molecule has 4 aromatic rings. The number of amides is 1. The molecule has 0 bridgehead atoms. The topological polar surface area (TPSA) is 81.9 Å². The van der Waals surface area contributed by atoms with Crippen LogP contribution in [0.5, 0.6) is 11.5 Å². The molecule has 0 unspecified atom stereocenters. The second-order valence-electron chi connectivity index (χ2n) is 7.66. The number of para-hydroxylation sites is 1. The fourth-order valence-electron chi connectivity index (χ4n) is 3.90. The number of carbonyl (C=O) groups is 1. The van der Waals surface area contributed by atoms with Crippen molar-refractivity contribution in [2.75, 3.05) is 0 Å². The third kappa shape index (κ3) is 3.91. The van der Waals surface area contributed by atoms with E-state index < -0.39 is 0 Å². The summed E-state index contributed by atoms with van der Waals surface area (Å²) in [6, 6.07) is 17.8. The van der Waals surface area contributed by atoms with Gasteiger partial charge in [-0.05, 0) is 62.1 Å². The van der Waals surface area contributed by atoms with Gasteiger partial charge in [-0.3, -0.25) is 4.79 Å². The lowest BCUT2D eigenvalue weighted by atomic mass is 9.87. The van der Waals surface area contributed by atoms with E-state index in [2.05, 4.69) is 27.1 Å². The molecule has 32 heavy (non-hydrogen) atoms. The zero-order valence-electron chi connectivity index (χ0n) is 17.5. The van der Waals surface area contributed by atoms with Crippen molar-refractivity contribution in [3.63, 3.8) is 0 Å². The molecule has 5 rings (SSSR count). The van der Waals surface area contributed by atoms with Crippen LogP contribution in [0.1, 0.15) is 25.8 Å². The van der Waals surface area contributed by atoms with Crippen molar-refractivity contribution in [3.05, 3.63) is 67.1 Å². The molecule has 1 amide bonds. The normalized spacial score (nSPS) is 17.2. The van der Waals surface area contributed by atoms with Gasteiger partial charge in [-0.1, -0.05) is 24.1 Å². The highest BCUT2D eigenvalue weighted by molar-refractivity contribution is 5.93. The maximum Gasteiger partial charge on any atom is 0.296 e. The predicted molar refractivity (Wildman–Crippen MR) is 121 cm³/mol. The van der Waals surface area contributed by atoms with E-state index in [0.717, 1.165) is 46.6 Å². The van der Waals surface area contributed by atoms with Crippen molar-refractivity contribution in [1.29, 1.82) is 0 Å². The highest BCUT2D eigenvalue weighted by Gasteiger charge is 2.34. The Morgan fingerprint density at radius 1 is 1.09 bits per heavy atom. The Kier molecular flexibility index (Phi) is 5.26. The van der Waals surface area contributed by atoms with Crippen molar-refractivity contribution in [2.24, 2.45) is 0 Å². The standard InChI is InChI=1S/C25H21N5O2/c1-2-6-23(31)28-18-13-19(14-18)30-25-22(15-26-16-27-25)24(29-30)17-9-11-21(12-10-17)32-20-7-4-3-5-8-20/h3-5,7-12,15-16,18-19H,13-14H2,1H3,(H,28,31). The van der Waals surface area contributed by atoms with Crippen molar-refractivity contribution >= 4 is 16.9 Å². The molecule has 1 fully saturated rings. The highest BCUT2D eigenvalue weighted by atomic mass is 16.5. The molecule has 0 spiro atoms. The summed E-state index contributed by atoms with van der Waals surface area (Å²) in [4.78, 5) is 20.4. The highest BCUT2D eigenvalue weighted by Crippen LogP contribution is 2.37. The molecule has 0 atom stereocenters. The van der Waals surface area contributed by atoms with Gasteiger partial charge in [0.25, 0.3) is 5.91 Å². The smallest absolute Gasteiger partial charge is 0.296 e.